The molecule has 0 radical (unpaired) electrons. The molecule has 28 heavy (non-hydrogen) atoms. The number of benzene rings is 1. The minimum absolute atomic E-state index is 0.119. The first kappa shape index (κ1) is 19.2. The van der Waals surface area contributed by atoms with Gasteiger partial charge in [0.05, 0.1) is 11.1 Å². The number of hydrogen-bond donors (Lipinski definition) is 1. The average Bonchev–Trinajstić information content (AvgIpc) is 2.74. The van der Waals surface area contributed by atoms with Gasteiger partial charge < -0.3 is 4.90 Å². The summed E-state index contributed by atoms with van der Waals surface area (Å²) in [5.41, 5.74) is 3.46. The Kier molecular flexibility index (Phi) is 6.05. The molecule has 0 atom stereocenters. The molecule has 1 fully saturated rings. The largest absolute Gasteiger partial charge is 0.339 e. The Morgan fingerprint density at radius 3 is 2.71 bits per heavy atom. The zero-order valence-electron chi connectivity index (χ0n) is 15.0. The summed E-state index contributed by atoms with van der Waals surface area (Å²) < 4.78 is 0. The first-order valence-corrected chi connectivity index (χ1v) is 8.81. The molecule has 2 amide bonds. The van der Waals surface area contributed by atoms with Crippen LogP contribution in [-0.4, -0.2) is 45.9 Å². The van der Waals surface area contributed by atoms with E-state index in [1.54, 1.807) is 29.4 Å². The molecule has 1 saturated heterocycles. The van der Waals surface area contributed by atoms with Gasteiger partial charge in [0.15, 0.2) is 0 Å². The molecule has 2 heterocycles. The lowest BCUT2D eigenvalue weighted by molar-refractivity contribution is -0.384. The van der Waals surface area contributed by atoms with Gasteiger partial charge in [-0.15, -0.1) is 0 Å². The van der Waals surface area contributed by atoms with E-state index in [-0.39, 0.29) is 29.0 Å². The molecule has 3 rings (SSSR count). The summed E-state index contributed by atoms with van der Waals surface area (Å²) in [6.45, 7) is 0.817. The summed E-state index contributed by atoms with van der Waals surface area (Å²) in [4.78, 5) is 40.7. The molecule has 1 aliphatic heterocycles. The fourth-order valence-electron chi connectivity index (χ4n) is 2.99. The van der Waals surface area contributed by atoms with Crippen molar-refractivity contribution in [3.8, 4) is 0 Å². The second kappa shape index (κ2) is 8.85. The first-order valence-electron chi connectivity index (χ1n) is 8.81. The number of nitro groups is 1. The number of likely N-dealkylation sites (tertiary alicyclic amines) is 1. The molecular formula is C19H19N5O4. The SMILES string of the molecule is O=C(NN=Cc1cccnc1)C1CCN(C(=O)c2cccc([N+](=O)[O-])c2)CC1. The zero-order chi connectivity index (χ0) is 19.9. The zero-order valence-corrected chi connectivity index (χ0v) is 15.0. The Morgan fingerprint density at radius 2 is 2.04 bits per heavy atom. The number of carbonyl (C=O) groups is 2. The fourth-order valence-corrected chi connectivity index (χ4v) is 2.99. The number of hydrazone groups is 1. The monoisotopic (exact) mass is 381 g/mol. The Balaban J connectivity index is 1.51. The van der Waals surface area contributed by atoms with Crippen molar-refractivity contribution < 1.29 is 14.5 Å². The number of carbonyl (C=O) groups excluding carboxylic acids is 2. The summed E-state index contributed by atoms with van der Waals surface area (Å²) in [6, 6.07) is 9.26. The number of hydrogen-bond acceptors (Lipinski definition) is 6. The molecule has 2 aromatic rings. The van der Waals surface area contributed by atoms with E-state index >= 15 is 0 Å². The van der Waals surface area contributed by atoms with Gasteiger partial charge in [0.25, 0.3) is 11.6 Å². The molecule has 0 spiro atoms. The summed E-state index contributed by atoms with van der Waals surface area (Å²) in [5.74, 6) is -0.694. The van der Waals surface area contributed by atoms with Gasteiger partial charge in [-0.05, 0) is 25.0 Å². The van der Waals surface area contributed by atoms with Crippen molar-refractivity contribution in [3.63, 3.8) is 0 Å². The van der Waals surface area contributed by atoms with Crippen molar-refractivity contribution in [3.05, 3.63) is 70.0 Å². The van der Waals surface area contributed by atoms with E-state index in [0.717, 1.165) is 5.56 Å². The Morgan fingerprint density at radius 1 is 1.25 bits per heavy atom. The van der Waals surface area contributed by atoms with Gasteiger partial charge in [-0.2, -0.15) is 5.10 Å². The molecule has 9 nitrogen and oxygen atoms in total. The molecule has 0 bridgehead atoms. The van der Waals surface area contributed by atoms with Crippen molar-refractivity contribution in [2.24, 2.45) is 11.0 Å². The van der Waals surface area contributed by atoms with Gasteiger partial charge in [0, 0.05) is 54.7 Å². The van der Waals surface area contributed by atoms with Gasteiger partial charge in [-0.25, -0.2) is 5.43 Å². The van der Waals surface area contributed by atoms with Gasteiger partial charge in [-0.1, -0.05) is 12.1 Å². The van der Waals surface area contributed by atoms with Crippen molar-refractivity contribution in [2.75, 3.05) is 13.1 Å². The number of nitro benzene ring substituents is 1. The molecule has 1 aliphatic rings. The fraction of sp³-hybridized carbons (Fsp3) is 0.263. The van der Waals surface area contributed by atoms with Crippen LogP contribution in [0.3, 0.4) is 0 Å². The highest BCUT2D eigenvalue weighted by Crippen LogP contribution is 2.21. The Labute approximate surface area is 161 Å². The lowest BCUT2D eigenvalue weighted by Gasteiger charge is -2.31. The maximum Gasteiger partial charge on any atom is 0.270 e. The summed E-state index contributed by atoms with van der Waals surface area (Å²) >= 11 is 0. The highest BCUT2D eigenvalue weighted by molar-refractivity contribution is 5.95. The Hall–Kier alpha value is -3.62. The number of nitrogens with one attached hydrogen (secondary N) is 1. The molecule has 1 aromatic carbocycles. The van der Waals surface area contributed by atoms with Gasteiger partial charge in [0.2, 0.25) is 5.91 Å². The highest BCUT2D eigenvalue weighted by atomic mass is 16.6. The van der Waals surface area contributed by atoms with Crippen LogP contribution < -0.4 is 5.43 Å². The van der Waals surface area contributed by atoms with Crippen LogP contribution in [0.15, 0.2) is 53.9 Å². The standard InChI is InChI=1S/C19H19N5O4/c25-18(22-21-13-14-3-2-8-20-12-14)15-6-9-23(10-7-15)19(26)16-4-1-5-17(11-16)24(27)28/h1-5,8,11-13,15H,6-7,9-10H2,(H,22,25). The summed E-state index contributed by atoms with van der Waals surface area (Å²) in [6.07, 6.45) is 5.82. The van der Waals surface area contributed by atoms with E-state index in [2.05, 4.69) is 15.5 Å². The summed E-state index contributed by atoms with van der Waals surface area (Å²) in [7, 11) is 0. The van der Waals surface area contributed by atoms with Crippen LogP contribution in [-0.2, 0) is 4.79 Å². The average molecular weight is 381 g/mol. The number of rotatable bonds is 5. The van der Waals surface area contributed by atoms with E-state index < -0.39 is 4.92 Å². The molecule has 0 saturated carbocycles. The maximum absolute atomic E-state index is 12.6. The van der Waals surface area contributed by atoms with Crippen molar-refractivity contribution >= 4 is 23.7 Å². The first-order chi connectivity index (χ1) is 13.5. The number of amides is 2. The predicted octanol–water partition coefficient (Wildman–Crippen LogP) is 1.99. The van der Waals surface area contributed by atoms with Gasteiger partial charge in [-0.3, -0.25) is 24.7 Å². The smallest absolute Gasteiger partial charge is 0.270 e. The van der Waals surface area contributed by atoms with Crippen molar-refractivity contribution in [1.82, 2.24) is 15.3 Å². The van der Waals surface area contributed by atoms with Crippen LogP contribution in [0.4, 0.5) is 5.69 Å². The number of nitrogens with zero attached hydrogens (tertiary/aromatic N) is 4. The Bertz CT molecular complexity index is 892. The summed E-state index contributed by atoms with van der Waals surface area (Å²) in [5, 5.41) is 14.8. The minimum Gasteiger partial charge on any atom is -0.339 e. The lowest BCUT2D eigenvalue weighted by Crippen LogP contribution is -2.42. The van der Waals surface area contributed by atoms with Gasteiger partial charge in [0.1, 0.15) is 0 Å². The van der Waals surface area contributed by atoms with Crippen molar-refractivity contribution in [1.29, 1.82) is 0 Å². The molecule has 0 aliphatic carbocycles. The van der Waals surface area contributed by atoms with Crippen LogP contribution >= 0.6 is 0 Å². The number of piperidine rings is 1. The second-order valence-electron chi connectivity index (χ2n) is 6.39. The number of pyridine rings is 1. The highest BCUT2D eigenvalue weighted by Gasteiger charge is 2.28. The van der Waals surface area contributed by atoms with E-state index in [0.29, 0.717) is 25.9 Å². The molecule has 144 valence electrons. The van der Waals surface area contributed by atoms with Crippen molar-refractivity contribution in [2.45, 2.75) is 12.8 Å². The van der Waals surface area contributed by atoms with E-state index in [9.17, 15) is 19.7 Å². The quantitative estimate of drug-likeness (QED) is 0.483. The number of aromatic nitrogens is 1. The van der Waals surface area contributed by atoms with E-state index in [1.807, 2.05) is 6.07 Å². The molecule has 0 unspecified atom stereocenters. The molecule has 1 aromatic heterocycles. The molecular weight excluding hydrogens is 362 g/mol. The van der Waals surface area contributed by atoms with Crippen LogP contribution in [0, 0.1) is 16.0 Å². The normalized spacial score (nSPS) is 14.8. The molecule has 1 N–H and O–H groups in total. The predicted molar refractivity (Wildman–Crippen MR) is 102 cm³/mol. The third-order valence-corrected chi connectivity index (χ3v) is 4.53. The topological polar surface area (TPSA) is 118 Å². The van der Waals surface area contributed by atoms with E-state index in [4.69, 9.17) is 0 Å². The lowest BCUT2D eigenvalue weighted by atomic mass is 9.95. The third kappa shape index (κ3) is 4.76. The second-order valence-corrected chi connectivity index (χ2v) is 6.39. The minimum atomic E-state index is -0.528. The van der Waals surface area contributed by atoms with E-state index in [1.165, 1.54) is 24.4 Å². The maximum atomic E-state index is 12.6. The van der Waals surface area contributed by atoms with Gasteiger partial charge >= 0.3 is 0 Å². The third-order valence-electron chi connectivity index (χ3n) is 4.53. The van der Waals surface area contributed by atoms with Crippen LogP contribution in [0.1, 0.15) is 28.8 Å². The molecule has 9 heteroatoms. The van der Waals surface area contributed by atoms with Crippen LogP contribution in [0.5, 0.6) is 0 Å². The van der Waals surface area contributed by atoms with Crippen LogP contribution in [0.25, 0.3) is 0 Å². The number of non-ortho nitro benzene ring substituents is 1. The van der Waals surface area contributed by atoms with Crippen LogP contribution in [0.2, 0.25) is 0 Å².